The molecule has 0 aromatic heterocycles. The van der Waals surface area contributed by atoms with Gasteiger partial charge in [0.15, 0.2) is 0 Å². The van der Waals surface area contributed by atoms with Gasteiger partial charge in [0.1, 0.15) is 0 Å². The molecule has 4 bridgehead atoms. The van der Waals surface area contributed by atoms with Gasteiger partial charge in [-0.25, -0.2) is 0 Å². The van der Waals surface area contributed by atoms with Crippen molar-refractivity contribution in [3.05, 3.63) is 54.1 Å². The molecule has 0 radical (unpaired) electrons. The molecule has 36 heavy (non-hydrogen) atoms. The van der Waals surface area contributed by atoms with Gasteiger partial charge in [-0.05, 0) is 112 Å². The highest BCUT2D eigenvalue weighted by Gasteiger charge is 2.54. The topological polar surface area (TPSA) is 32.8 Å². The van der Waals surface area contributed by atoms with Crippen molar-refractivity contribution in [3.8, 4) is 0 Å². The Morgan fingerprint density at radius 2 is 1.61 bits per heavy atom. The minimum Gasteiger partial charge on any atom is -0.380 e. The number of benzene rings is 2. The van der Waals surface area contributed by atoms with E-state index in [1.54, 1.807) is 11.8 Å². The molecule has 2 aromatic carbocycles. The Kier molecular flexibility index (Phi) is 6.91. The lowest BCUT2D eigenvalue weighted by molar-refractivity contribution is -0.137. The minimum absolute atomic E-state index is 0.123. The number of rotatable bonds is 9. The molecule has 1 heterocycles. The van der Waals surface area contributed by atoms with E-state index in [0.29, 0.717) is 11.5 Å². The van der Waals surface area contributed by atoms with Crippen molar-refractivity contribution in [1.29, 1.82) is 0 Å². The second-order valence-electron chi connectivity index (χ2n) is 12.0. The molecule has 0 N–H and O–H groups in total. The van der Waals surface area contributed by atoms with E-state index < -0.39 is 0 Å². The van der Waals surface area contributed by atoms with E-state index in [0.717, 1.165) is 71.3 Å². The van der Waals surface area contributed by atoms with Gasteiger partial charge in [-0.2, -0.15) is 0 Å². The van der Waals surface area contributed by atoms with Gasteiger partial charge in [0.05, 0.1) is 17.4 Å². The summed E-state index contributed by atoms with van der Waals surface area (Å²) in [5.74, 6) is 2.99. The van der Waals surface area contributed by atoms with Crippen LogP contribution in [0, 0.1) is 23.2 Å². The number of amides is 1. The van der Waals surface area contributed by atoms with Crippen LogP contribution >= 0.6 is 11.8 Å². The number of hydrogen-bond donors (Lipinski definition) is 0. The lowest BCUT2D eigenvalue weighted by Crippen LogP contribution is -2.54. The van der Waals surface area contributed by atoms with Crippen molar-refractivity contribution < 1.29 is 9.53 Å². The molecule has 7 rings (SSSR count). The third-order valence-electron chi connectivity index (χ3n) is 9.44. The average Bonchev–Trinajstić information content (AvgIpc) is 2.98. The van der Waals surface area contributed by atoms with Crippen LogP contribution in [0.1, 0.15) is 61.7 Å². The molecule has 1 amide bonds. The van der Waals surface area contributed by atoms with Crippen LogP contribution in [0.3, 0.4) is 0 Å². The molecule has 5 heteroatoms. The predicted octanol–water partition coefficient (Wildman–Crippen LogP) is 6.74. The van der Waals surface area contributed by atoms with Gasteiger partial charge in [-0.1, -0.05) is 36.0 Å². The van der Waals surface area contributed by atoms with Gasteiger partial charge >= 0.3 is 0 Å². The summed E-state index contributed by atoms with van der Waals surface area (Å²) in [6.07, 6.45) is 11.0. The van der Waals surface area contributed by atoms with Crippen LogP contribution in [0.4, 0.5) is 5.69 Å². The zero-order chi connectivity index (χ0) is 24.7. The van der Waals surface area contributed by atoms with Crippen molar-refractivity contribution in [3.63, 3.8) is 0 Å². The largest absolute Gasteiger partial charge is 0.380 e. The number of para-hydroxylation sites is 1. The van der Waals surface area contributed by atoms with E-state index >= 15 is 0 Å². The molecule has 4 fully saturated rings. The van der Waals surface area contributed by atoms with Crippen LogP contribution in [0.2, 0.25) is 0 Å². The summed E-state index contributed by atoms with van der Waals surface area (Å²) in [6, 6.07) is 16.3. The number of ether oxygens (including phenoxy) is 1. The Bertz CT molecular complexity index is 1070. The summed E-state index contributed by atoms with van der Waals surface area (Å²) in [5, 5.41) is 0. The summed E-state index contributed by atoms with van der Waals surface area (Å²) < 4.78 is 6.21. The molecule has 5 aliphatic rings. The fraction of sp³-hybridized carbons (Fsp3) is 0.581. The van der Waals surface area contributed by atoms with Crippen molar-refractivity contribution in [2.24, 2.45) is 23.2 Å². The zero-order valence-corrected chi connectivity index (χ0v) is 22.6. The fourth-order valence-electron chi connectivity index (χ4n) is 8.21. The fourth-order valence-corrected chi connectivity index (χ4v) is 9.29. The van der Waals surface area contributed by atoms with Crippen LogP contribution in [-0.2, 0) is 4.74 Å². The van der Waals surface area contributed by atoms with E-state index in [4.69, 9.17) is 4.74 Å². The predicted molar refractivity (Wildman–Crippen MR) is 147 cm³/mol. The number of nitrogens with zero attached hydrogens (tertiary/aromatic N) is 2. The van der Waals surface area contributed by atoms with Crippen molar-refractivity contribution in [2.75, 3.05) is 38.7 Å². The van der Waals surface area contributed by atoms with Gasteiger partial charge in [0.2, 0.25) is 0 Å². The summed E-state index contributed by atoms with van der Waals surface area (Å²) >= 11 is 1.70. The average molecular weight is 505 g/mol. The van der Waals surface area contributed by atoms with E-state index in [2.05, 4.69) is 36.2 Å². The van der Waals surface area contributed by atoms with Gasteiger partial charge < -0.3 is 14.5 Å². The standard InChI is InChI=1S/C31H40N2O2S/c1-32(21-29(35-2)31-18-22-15-23(19-31)17-24(16-22)20-31)13-7-8-14-33-26-10-4-6-12-28(26)36-27-11-5-3-9-25(27)30(33)34/h3-6,9-12,22-24,29H,7-8,13-21H2,1-2H3/t22?,23?,24?,29-,31?/m0/s1. The molecule has 4 saturated carbocycles. The Balaban J connectivity index is 1.06. The minimum atomic E-state index is 0.123. The van der Waals surface area contributed by atoms with Gasteiger partial charge in [0.25, 0.3) is 5.91 Å². The maximum absolute atomic E-state index is 13.5. The van der Waals surface area contributed by atoms with Crippen LogP contribution in [0.25, 0.3) is 0 Å². The molecule has 2 aromatic rings. The lowest BCUT2D eigenvalue weighted by Gasteiger charge is -2.59. The zero-order valence-electron chi connectivity index (χ0n) is 21.8. The highest BCUT2D eigenvalue weighted by atomic mass is 32.2. The van der Waals surface area contributed by atoms with Gasteiger partial charge in [-0.15, -0.1) is 0 Å². The molecule has 0 unspecified atom stereocenters. The van der Waals surface area contributed by atoms with E-state index in [1.807, 2.05) is 36.3 Å². The number of likely N-dealkylation sites (N-methyl/N-ethyl adjacent to an activating group) is 1. The monoisotopic (exact) mass is 504 g/mol. The molecule has 0 saturated heterocycles. The van der Waals surface area contributed by atoms with Crippen molar-refractivity contribution in [2.45, 2.75) is 67.3 Å². The maximum atomic E-state index is 13.5. The molecule has 1 atom stereocenters. The van der Waals surface area contributed by atoms with Gasteiger partial charge in [0, 0.05) is 30.0 Å². The Morgan fingerprint density at radius 3 is 2.31 bits per heavy atom. The third kappa shape index (κ3) is 4.63. The first kappa shape index (κ1) is 24.5. The number of hydrogen-bond acceptors (Lipinski definition) is 4. The smallest absolute Gasteiger partial charge is 0.259 e. The highest BCUT2D eigenvalue weighted by molar-refractivity contribution is 7.99. The number of unbranched alkanes of at least 4 members (excludes halogenated alkanes) is 1. The maximum Gasteiger partial charge on any atom is 0.259 e. The Hall–Kier alpha value is -1.82. The normalized spacial score (nSPS) is 29.2. The highest BCUT2D eigenvalue weighted by Crippen LogP contribution is 2.61. The van der Waals surface area contributed by atoms with E-state index in [-0.39, 0.29) is 5.91 Å². The molecule has 0 spiro atoms. The Labute approximate surface area is 220 Å². The molecular formula is C31H40N2O2S. The van der Waals surface area contributed by atoms with Crippen LogP contribution in [0.15, 0.2) is 58.3 Å². The molecule has 192 valence electrons. The SMILES string of the molecule is CO[C@@H](CN(C)CCCCN1C(=O)c2ccccc2Sc2ccccc21)C12CC3CC(CC(C3)C1)C2. The third-order valence-corrected chi connectivity index (χ3v) is 10.6. The summed E-state index contributed by atoms with van der Waals surface area (Å²) in [4.78, 5) is 20.2. The second kappa shape index (κ2) is 10.2. The second-order valence-corrected chi connectivity index (χ2v) is 13.1. The number of methoxy groups -OCH3 is 1. The van der Waals surface area contributed by atoms with E-state index in [1.165, 1.54) is 38.5 Å². The number of carbonyl (C=O) groups excluding carboxylic acids is 1. The van der Waals surface area contributed by atoms with Crippen LogP contribution < -0.4 is 4.90 Å². The molecule has 1 aliphatic heterocycles. The molecule has 4 aliphatic carbocycles. The van der Waals surface area contributed by atoms with Crippen LogP contribution in [-0.4, -0.2) is 50.7 Å². The number of anilines is 1. The first-order chi connectivity index (χ1) is 17.5. The summed E-state index contributed by atoms with van der Waals surface area (Å²) in [7, 11) is 4.20. The lowest BCUT2D eigenvalue weighted by atomic mass is 9.48. The number of fused-ring (bicyclic) bond motifs is 2. The van der Waals surface area contributed by atoms with Crippen molar-refractivity contribution in [1.82, 2.24) is 4.90 Å². The van der Waals surface area contributed by atoms with Gasteiger partial charge in [-0.3, -0.25) is 4.79 Å². The van der Waals surface area contributed by atoms with Crippen LogP contribution in [0.5, 0.6) is 0 Å². The summed E-state index contributed by atoms with van der Waals surface area (Å²) in [6.45, 7) is 2.82. The summed E-state index contributed by atoms with van der Waals surface area (Å²) in [5.41, 5.74) is 2.28. The quantitative estimate of drug-likeness (QED) is 0.354. The number of carbonyl (C=O) groups is 1. The first-order valence-electron chi connectivity index (χ1n) is 13.9. The molecule has 4 nitrogen and oxygen atoms in total. The van der Waals surface area contributed by atoms with Crippen molar-refractivity contribution >= 4 is 23.4 Å². The first-order valence-corrected chi connectivity index (χ1v) is 14.8. The van der Waals surface area contributed by atoms with E-state index in [9.17, 15) is 4.79 Å². The molecular weight excluding hydrogens is 464 g/mol. The Morgan fingerprint density at radius 1 is 0.972 bits per heavy atom.